The molecule has 7 rings (SSSR count). The zero-order chi connectivity index (χ0) is 23.4. The molecule has 0 radical (unpaired) electrons. The average Bonchev–Trinajstić information content (AvgIpc) is 3.59. The third-order valence-corrected chi connectivity index (χ3v) is 7.19. The van der Waals surface area contributed by atoms with Crippen LogP contribution in [0.1, 0.15) is 5.56 Å². The van der Waals surface area contributed by atoms with Crippen LogP contribution >= 0.6 is 11.3 Å². The quantitative estimate of drug-likeness (QED) is 0.348. The highest BCUT2D eigenvalue weighted by atomic mass is 32.1. The Morgan fingerprint density at radius 3 is 2.69 bits per heavy atom. The number of anilines is 1. The summed E-state index contributed by atoms with van der Waals surface area (Å²) in [6.45, 7) is 0.706. The van der Waals surface area contributed by atoms with Crippen molar-refractivity contribution in [3.8, 4) is 11.3 Å². The molecule has 0 saturated heterocycles. The standard InChI is InChI=1S/C26H18FN7S/c27-18-10-11-21-22(15-18)35-26-29-23(25(33(21)26)28-13-12-16-6-2-1-3-7-16)19-14-17-8-4-5-9-20(17)34-24(19)30-31-32-34/h1-11,14-15,28H,12-13H2. The van der Waals surface area contributed by atoms with Crippen molar-refractivity contribution in [2.75, 3.05) is 11.9 Å². The van der Waals surface area contributed by atoms with Gasteiger partial charge in [0, 0.05) is 11.9 Å². The maximum absolute atomic E-state index is 13.9. The fraction of sp³-hybridized carbons (Fsp3) is 0.0769. The van der Waals surface area contributed by atoms with Crippen LogP contribution in [-0.2, 0) is 6.42 Å². The predicted octanol–water partition coefficient (Wildman–Crippen LogP) is 5.60. The van der Waals surface area contributed by atoms with E-state index in [4.69, 9.17) is 4.98 Å². The van der Waals surface area contributed by atoms with Crippen LogP contribution in [0.3, 0.4) is 0 Å². The number of nitrogens with zero attached hydrogens (tertiary/aromatic N) is 6. The molecule has 7 aromatic rings. The van der Waals surface area contributed by atoms with E-state index in [0.717, 1.165) is 49.6 Å². The largest absolute Gasteiger partial charge is 0.369 e. The molecule has 0 saturated carbocycles. The van der Waals surface area contributed by atoms with E-state index in [0.29, 0.717) is 12.2 Å². The van der Waals surface area contributed by atoms with Crippen LogP contribution in [0.15, 0.2) is 78.9 Å². The lowest BCUT2D eigenvalue weighted by Gasteiger charge is -2.10. The molecule has 7 nitrogen and oxygen atoms in total. The Hall–Kier alpha value is -4.37. The summed E-state index contributed by atoms with van der Waals surface area (Å²) in [6.07, 6.45) is 0.851. The zero-order valence-electron chi connectivity index (χ0n) is 18.4. The molecule has 0 unspecified atom stereocenters. The number of tetrazole rings is 1. The number of nitrogens with one attached hydrogen (secondary N) is 1. The maximum Gasteiger partial charge on any atom is 0.197 e. The molecule has 0 spiro atoms. The van der Waals surface area contributed by atoms with E-state index < -0.39 is 0 Å². The summed E-state index contributed by atoms with van der Waals surface area (Å²) in [5.41, 5.74) is 5.31. The number of aromatic nitrogens is 6. The van der Waals surface area contributed by atoms with Crippen LogP contribution in [0.5, 0.6) is 0 Å². The number of thiazole rings is 1. The minimum atomic E-state index is -0.258. The van der Waals surface area contributed by atoms with Crippen molar-refractivity contribution in [3.63, 3.8) is 0 Å². The Labute approximate surface area is 202 Å². The molecule has 0 aliphatic heterocycles. The number of fused-ring (bicyclic) bond motifs is 6. The molecular formula is C26H18FN7S. The minimum Gasteiger partial charge on any atom is -0.369 e. The number of pyridine rings is 1. The first-order valence-corrected chi connectivity index (χ1v) is 12.1. The van der Waals surface area contributed by atoms with Gasteiger partial charge < -0.3 is 5.32 Å². The smallest absolute Gasteiger partial charge is 0.197 e. The molecule has 170 valence electrons. The van der Waals surface area contributed by atoms with Gasteiger partial charge in [0.2, 0.25) is 0 Å². The van der Waals surface area contributed by atoms with Crippen LogP contribution < -0.4 is 5.32 Å². The molecule has 0 bridgehead atoms. The third-order valence-electron chi connectivity index (χ3n) is 6.19. The lowest BCUT2D eigenvalue weighted by Crippen LogP contribution is -2.08. The van der Waals surface area contributed by atoms with Crippen molar-refractivity contribution < 1.29 is 4.39 Å². The van der Waals surface area contributed by atoms with Gasteiger partial charge in [0.05, 0.1) is 21.3 Å². The van der Waals surface area contributed by atoms with Crippen molar-refractivity contribution in [2.24, 2.45) is 0 Å². The van der Waals surface area contributed by atoms with E-state index >= 15 is 0 Å². The van der Waals surface area contributed by atoms with E-state index in [2.05, 4.69) is 43.4 Å². The first-order chi connectivity index (χ1) is 17.3. The molecule has 1 N–H and O–H groups in total. The summed E-state index contributed by atoms with van der Waals surface area (Å²) in [6, 6.07) is 25.3. The summed E-state index contributed by atoms with van der Waals surface area (Å²) >= 11 is 1.46. The molecule has 0 fully saturated rings. The second-order valence-electron chi connectivity index (χ2n) is 8.33. The van der Waals surface area contributed by atoms with Gasteiger partial charge in [0.25, 0.3) is 0 Å². The Morgan fingerprint density at radius 1 is 0.914 bits per heavy atom. The number of benzene rings is 3. The number of rotatable bonds is 5. The number of hydrogen-bond donors (Lipinski definition) is 1. The molecular weight excluding hydrogens is 461 g/mol. The van der Waals surface area contributed by atoms with E-state index in [-0.39, 0.29) is 5.82 Å². The molecule has 0 atom stereocenters. The Kier molecular flexibility index (Phi) is 4.49. The normalized spacial score (nSPS) is 11.8. The highest BCUT2D eigenvalue weighted by molar-refractivity contribution is 7.23. The molecule has 0 amide bonds. The summed E-state index contributed by atoms with van der Waals surface area (Å²) in [4.78, 5) is 5.78. The fourth-order valence-corrected chi connectivity index (χ4v) is 5.63. The molecule has 0 aliphatic carbocycles. The topological polar surface area (TPSA) is 72.4 Å². The Balaban J connectivity index is 1.44. The molecule has 4 aromatic heterocycles. The fourth-order valence-electron chi connectivity index (χ4n) is 4.58. The summed E-state index contributed by atoms with van der Waals surface area (Å²) in [5.74, 6) is 0.584. The molecule has 4 heterocycles. The lowest BCUT2D eigenvalue weighted by atomic mass is 10.1. The molecule has 35 heavy (non-hydrogen) atoms. The highest BCUT2D eigenvalue weighted by Crippen LogP contribution is 2.38. The van der Waals surface area contributed by atoms with Gasteiger partial charge in [-0.2, -0.15) is 4.52 Å². The zero-order valence-corrected chi connectivity index (χ0v) is 19.2. The van der Waals surface area contributed by atoms with Crippen LogP contribution in [0, 0.1) is 5.82 Å². The Morgan fingerprint density at radius 2 is 1.77 bits per heavy atom. The van der Waals surface area contributed by atoms with Crippen molar-refractivity contribution in [3.05, 3.63) is 90.2 Å². The van der Waals surface area contributed by atoms with Gasteiger partial charge in [-0.1, -0.05) is 59.9 Å². The van der Waals surface area contributed by atoms with Gasteiger partial charge in [-0.25, -0.2) is 9.37 Å². The molecule has 0 aliphatic rings. The minimum absolute atomic E-state index is 0.258. The SMILES string of the molecule is Fc1ccc2c(c1)sc1nc(-c3cc4ccccc4n4nnnc34)c(NCCc3ccccc3)n12. The van der Waals surface area contributed by atoms with E-state index in [1.54, 1.807) is 16.6 Å². The number of imidazole rings is 1. The van der Waals surface area contributed by atoms with Crippen LogP contribution in [0.4, 0.5) is 10.2 Å². The van der Waals surface area contributed by atoms with Crippen molar-refractivity contribution in [2.45, 2.75) is 6.42 Å². The van der Waals surface area contributed by atoms with Crippen LogP contribution in [0.2, 0.25) is 0 Å². The predicted molar refractivity (Wildman–Crippen MR) is 136 cm³/mol. The summed E-state index contributed by atoms with van der Waals surface area (Å²) in [7, 11) is 0. The van der Waals surface area contributed by atoms with E-state index in [9.17, 15) is 4.39 Å². The van der Waals surface area contributed by atoms with Crippen molar-refractivity contribution in [1.29, 1.82) is 0 Å². The van der Waals surface area contributed by atoms with Gasteiger partial charge in [-0.15, -0.1) is 5.10 Å². The third kappa shape index (κ3) is 3.23. The Bertz CT molecular complexity index is 1850. The number of para-hydroxylation sites is 1. The average molecular weight is 480 g/mol. The lowest BCUT2D eigenvalue weighted by molar-refractivity contribution is 0.630. The first kappa shape index (κ1) is 20.0. The summed E-state index contributed by atoms with van der Waals surface area (Å²) < 4.78 is 18.6. The van der Waals surface area contributed by atoms with E-state index in [1.807, 2.05) is 42.5 Å². The second kappa shape index (κ2) is 7.85. The van der Waals surface area contributed by atoms with Crippen LogP contribution in [0.25, 0.3) is 43.0 Å². The van der Waals surface area contributed by atoms with Gasteiger partial charge >= 0.3 is 0 Å². The number of hydrogen-bond acceptors (Lipinski definition) is 6. The second-order valence-corrected chi connectivity index (χ2v) is 9.34. The van der Waals surface area contributed by atoms with E-state index in [1.165, 1.54) is 23.0 Å². The highest BCUT2D eigenvalue weighted by Gasteiger charge is 2.22. The van der Waals surface area contributed by atoms with Gasteiger partial charge in [-0.05, 0) is 52.7 Å². The number of halogens is 1. The van der Waals surface area contributed by atoms with Gasteiger partial charge in [0.1, 0.15) is 17.3 Å². The monoisotopic (exact) mass is 479 g/mol. The molecule has 3 aromatic carbocycles. The maximum atomic E-state index is 13.9. The molecule has 9 heteroatoms. The van der Waals surface area contributed by atoms with Crippen LogP contribution in [-0.4, -0.2) is 36.0 Å². The van der Waals surface area contributed by atoms with Crippen molar-refractivity contribution >= 4 is 48.9 Å². The van der Waals surface area contributed by atoms with Crippen molar-refractivity contribution in [1.82, 2.24) is 29.4 Å². The van der Waals surface area contributed by atoms with Gasteiger partial charge in [-0.3, -0.25) is 4.40 Å². The first-order valence-electron chi connectivity index (χ1n) is 11.2. The van der Waals surface area contributed by atoms with Gasteiger partial charge in [0.15, 0.2) is 10.6 Å². The summed E-state index contributed by atoms with van der Waals surface area (Å²) in [5, 5.41) is 17.1.